The van der Waals surface area contributed by atoms with Crippen molar-refractivity contribution >= 4 is 0 Å². The molecule has 0 aliphatic carbocycles. The number of nitrogens with zero attached hydrogens (tertiary/aromatic N) is 1. The minimum atomic E-state index is 0.0347. The molecule has 0 amide bonds. The van der Waals surface area contributed by atoms with Crippen LogP contribution in [0, 0.1) is 18.3 Å². The Bertz CT molecular complexity index is 926. The zero-order valence-corrected chi connectivity index (χ0v) is 18.2. The van der Waals surface area contributed by atoms with E-state index in [9.17, 15) is 0 Å². The lowest BCUT2D eigenvalue weighted by Crippen LogP contribution is -2.20. The molecule has 0 aliphatic rings. The summed E-state index contributed by atoms with van der Waals surface area (Å²) < 4.78 is 5.88. The van der Waals surface area contributed by atoms with Crippen molar-refractivity contribution in [2.24, 2.45) is 5.92 Å². The first-order chi connectivity index (χ1) is 14.6. The van der Waals surface area contributed by atoms with Crippen LogP contribution in [-0.2, 0) is 0 Å². The molecule has 154 valence electrons. The van der Waals surface area contributed by atoms with Crippen LogP contribution in [0.1, 0.15) is 35.4 Å². The minimum Gasteiger partial charge on any atom is -0.492 e. The van der Waals surface area contributed by atoms with Crippen molar-refractivity contribution in [2.75, 3.05) is 27.2 Å². The molecule has 30 heavy (non-hydrogen) atoms. The van der Waals surface area contributed by atoms with E-state index in [2.05, 4.69) is 96.6 Å². The highest BCUT2D eigenvalue weighted by molar-refractivity contribution is 5.39. The van der Waals surface area contributed by atoms with Gasteiger partial charge in [0.1, 0.15) is 12.4 Å². The van der Waals surface area contributed by atoms with E-state index in [1.807, 2.05) is 20.2 Å². The summed E-state index contributed by atoms with van der Waals surface area (Å²) in [5.74, 6) is 4.43. The molecule has 0 fully saturated rings. The van der Waals surface area contributed by atoms with Gasteiger partial charge in [-0.15, -0.1) is 6.42 Å². The Hall–Kier alpha value is -3.02. The Labute approximate surface area is 181 Å². The van der Waals surface area contributed by atoms with Crippen LogP contribution >= 0.6 is 0 Å². The highest BCUT2D eigenvalue weighted by Crippen LogP contribution is 2.40. The summed E-state index contributed by atoms with van der Waals surface area (Å²) in [5, 5.41) is 0. The highest BCUT2D eigenvalue weighted by atomic mass is 16.5. The lowest BCUT2D eigenvalue weighted by atomic mass is 9.73. The van der Waals surface area contributed by atoms with Crippen LogP contribution in [0.15, 0.2) is 84.9 Å². The smallest absolute Gasteiger partial charge is 0.119 e. The Balaban J connectivity index is 1.89. The third kappa shape index (κ3) is 5.53. The Kier molecular flexibility index (Phi) is 7.71. The highest BCUT2D eigenvalue weighted by Gasteiger charge is 2.28. The van der Waals surface area contributed by atoms with Gasteiger partial charge in [-0.3, -0.25) is 0 Å². The summed E-state index contributed by atoms with van der Waals surface area (Å²) >= 11 is 0. The molecular weight excluding hydrogens is 366 g/mol. The maximum absolute atomic E-state index is 6.03. The van der Waals surface area contributed by atoms with Crippen molar-refractivity contribution < 1.29 is 4.74 Å². The van der Waals surface area contributed by atoms with Gasteiger partial charge in [-0.25, -0.2) is 0 Å². The molecule has 2 heteroatoms. The molecule has 0 spiro atoms. The Morgan fingerprint density at radius 3 is 1.87 bits per heavy atom. The predicted molar refractivity (Wildman–Crippen MR) is 126 cm³/mol. The number of terminal acetylenes is 1. The number of hydrogen-bond donors (Lipinski definition) is 0. The molecule has 0 aromatic heterocycles. The van der Waals surface area contributed by atoms with E-state index in [4.69, 9.17) is 11.2 Å². The molecule has 0 saturated heterocycles. The van der Waals surface area contributed by atoms with Crippen molar-refractivity contribution in [3.63, 3.8) is 0 Å². The molecule has 0 bridgehead atoms. The van der Waals surface area contributed by atoms with Gasteiger partial charge < -0.3 is 9.64 Å². The second kappa shape index (κ2) is 10.7. The van der Waals surface area contributed by atoms with Gasteiger partial charge in [0.2, 0.25) is 0 Å². The summed E-state index contributed by atoms with van der Waals surface area (Å²) in [5.41, 5.74) is 3.73. The normalized spacial score (nSPS) is 14.0. The molecular formula is C28H31NO. The molecule has 2 nitrogen and oxygen atoms in total. The molecule has 0 radical (unpaired) electrons. The predicted octanol–water partition coefficient (Wildman–Crippen LogP) is 5.81. The first kappa shape index (κ1) is 21.7. The molecule has 0 heterocycles. The van der Waals surface area contributed by atoms with E-state index in [-0.39, 0.29) is 17.8 Å². The summed E-state index contributed by atoms with van der Waals surface area (Å²) in [6.45, 7) is 3.83. The fourth-order valence-corrected chi connectivity index (χ4v) is 3.98. The topological polar surface area (TPSA) is 12.5 Å². The fraction of sp³-hybridized carbons (Fsp3) is 0.286. The van der Waals surface area contributed by atoms with Gasteiger partial charge in [0.15, 0.2) is 0 Å². The van der Waals surface area contributed by atoms with Crippen molar-refractivity contribution in [2.45, 2.75) is 18.8 Å². The third-order valence-electron chi connectivity index (χ3n) is 5.59. The quantitative estimate of drug-likeness (QED) is 0.422. The van der Waals surface area contributed by atoms with E-state index >= 15 is 0 Å². The van der Waals surface area contributed by atoms with Gasteiger partial charge in [-0.1, -0.05) is 85.6 Å². The molecule has 3 unspecified atom stereocenters. The number of ether oxygens (including phenoxy) is 1. The molecule has 3 aromatic rings. The monoisotopic (exact) mass is 397 g/mol. The Morgan fingerprint density at radius 2 is 1.33 bits per heavy atom. The van der Waals surface area contributed by atoms with E-state index in [0.29, 0.717) is 6.61 Å². The van der Waals surface area contributed by atoms with Gasteiger partial charge in [-0.05, 0) is 48.8 Å². The van der Waals surface area contributed by atoms with Gasteiger partial charge in [0.25, 0.3) is 0 Å². The molecule has 3 aromatic carbocycles. The minimum absolute atomic E-state index is 0.0347. The largest absolute Gasteiger partial charge is 0.492 e. The average Bonchev–Trinajstić information content (AvgIpc) is 2.77. The van der Waals surface area contributed by atoms with Gasteiger partial charge in [0.05, 0.1) is 0 Å². The van der Waals surface area contributed by atoms with Crippen molar-refractivity contribution in [3.05, 3.63) is 102 Å². The number of likely N-dealkylation sites (N-methyl/N-ethyl adjacent to an activating group) is 1. The molecule has 0 aliphatic heterocycles. The van der Waals surface area contributed by atoms with Gasteiger partial charge in [0, 0.05) is 18.4 Å². The SMILES string of the molecule is C#CC(c1ccccc1)C(C)C(c1ccccc1)c1ccc(OCCN(C)C)cc1. The summed E-state index contributed by atoms with van der Waals surface area (Å²) in [7, 11) is 4.10. The van der Waals surface area contributed by atoms with Crippen LogP contribution in [0.5, 0.6) is 5.75 Å². The number of rotatable bonds is 9. The maximum atomic E-state index is 6.03. The standard InChI is InChI=1S/C28H31NO/c1-5-27(23-12-8-6-9-13-23)22(2)28(24-14-10-7-11-15-24)25-16-18-26(19-17-25)30-21-20-29(3)4/h1,6-19,22,27-28H,20-21H2,2-4H3. The molecule has 0 N–H and O–H groups in total. The average molecular weight is 398 g/mol. The number of benzene rings is 3. The maximum Gasteiger partial charge on any atom is 0.119 e. The summed E-state index contributed by atoms with van der Waals surface area (Å²) in [6, 6.07) is 29.6. The summed E-state index contributed by atoms with van der Waals surface area (Å²) in [6.07, 6.45) is 6.03. The van der Waals surface area contributed by atoms with E-state index < -0.39 is 0 Å². The third-order valence-corrected chi connectivity index (χ3v) is 5.59. The molecule has 3 atom stereocenters. The lowest BCUT2D eigenvalue weighted by molar-refractivity contribution is 0.261. The van der Waals surface area contributed by atoms with Crippen molar-refractivity contribution in [3.8, 4) is 18.1 Å². The zero-order chi connectivity index (χ0) is 21.3. The van der Waals surface area contributed by atoms with Crippen molar-refractivity contribution in [1.29, 1.82) is 0 Å². The van der Waals surface area contributed by atoms with Crippen LogP contribution in [0.4, 0.5) is 0 Å². The molecule has 0 saturated carbocycles. The first-order valence-corrected chi connectivity index (χ1v) is 10.5. The summed E-state index contributed by atoms with van der Waals surface area (Å²) in [4.78, 5) is 2.12. The van der Waals surface area contributed by atoms with E-state index in [1.54, 1.807) is 0 Å². The molecule has 3 rings (SSSR count). The fourth-order valence-electron chi connectivity index (χ4n) is 3.98. The number of hydrogen-bond acceptors (Lipinski definition) is 2. The van der Waals surface area contributed by atoms with Crippen molar-refractivity contribution in [1.82, 2.24) is 4.90 Å². The van der Waals surface area contributed by atoms with Gasteiger partial charge in [-0.2, -0.15) is 0 Å². The van der Waals surface area contributed by atoms with Crippen LogP contribution in [0.3, 0.4) is 0 Å². The van der Waals surface area contributed by atoms with E-state index in [1.165, 1.54) is 16.7 Å². The van der Waals surface area contributed by atoms with Crippen LogP contribution in [-0.4, -0.2) is 32.1 Å². The van der Waals surface area contributed by atoms with Crippen LogP contribution < -0.4 is 4.74 Å². The Morgan fingerprint density at radius 1 is 0.800 bits per heavy atom. The first-order valence-electron chi connectivity index (χ1n) is 10.5. The van der Waals surface area contributed by atoms with Gasteiger partial charge >= 0.3 is 0 Å². The van der Waals surface area contributed by atoms with Crippen LogP contribution in [0.25, 0.3) is 0 Å². The lowest BCUT2D eigenvalue weighted by Gasteiger charge is -2.30. The second-order valence-electron chi connectivity index (χ2n) is 8.02. The zero-order valence-electron chi connectivity index (χ0n) is 18.2. The van der Waals surface area contributed by atoms with Crippen LogP contribution in [0.2, 0.25) is 0 Å². The van der Waals surface area contributed by atoms with E-state index in [0.717, 1.165) is 12.3 Å². The second-order valence-corrected chi connectivity index (χ2v) is 8.02.